The SMILES string of the molecule is CC(NC(=O)Cc1ccccc1O)C1CCCC1. The van der Waals surface area contributed by atoms with E-state index in [-0.39, 0.29) is 24.1 Å². The van der Waals surface area contributed by atoms with Gasteiger partial charge in [-0.3, -0.25) is 4.79 Å². The Kier molecular flexibility index (Phi) is 4.24. The number of aromatic hydroxyl groups is 1. The van der Waals surface area contributed by atoms with Crippen molar-refractivity contribution in [2.45, 2.75) is 45.1 Å². The summed E-state index contributed by atoms with van der Waals surface area (Å²) in [6.07, 6.45) is 5.26. The van der Waals surface area contributed by atoms with Gasteiger partial charge in [0, 0.05) is 11.6 Å². The highest BCUT2D eigenvalue weighted by Crippen LogP contribution is 2.27. The average Bonchev–Trinajstić information content (AvgIpc) is 2.85. The quantitative estimate of drug-likeness (QED) is 0.859. The molecule has 0 aromatic heterocycles. The summed E-state index contributed by atoms with van der Waals surface area (Å²) in [7, 11) is 0. The van der Waals surface area contributed by atoms with Gasteiger partial charge in [-0.25, -0.2) is 0 Å². The van der Waals surface area contributed by atoms with Crippen LogP contribution in [0.25, 0.3) is 0 Å². The number of carbonyl (C=O) groups is 1. The Morgan fingerprint density at radius 3 is 2.72 bits per heavy atom. The lowest BCUT2D eigenvalue weighted by atomic mass is 9.99. The van der Waals surface area contributed by atoms with E-state index in [1.54, 1.807) is 18.2 Å². The van der Waals surface area contributed by atoms with E-state index in [0.29, 0.717) is 11.5 Å². The lowest BCUT2D eigenvalue weighted by Gasteiger charge is -2.20. The van der Waals surface area contributed by atoms with Crippen molar-refractivity contribution in [3.05, 3.63) is 29.8 Å². The molecule has 1 aromatic carbocycles. The summed E-state index contributed by atoms with van der Waals surface area (Å²) in [6.45, 7) is 2.08. The van der Waals surface area contributed by atoms with Crippen LogP contribution in [-0.2, 0) is 11.2 Å². The molecule has 3 nitrogen and oxygen atoms in total. The van der Waals surface area contributed by atoms with Gasteiger partial charge >= 0.3 is 0 Å². The fourth-order valence-electron chi connectivity index (χ4n) is 2.71. The van der Waals surface area contributed by atoms with Gasteiger partial charge in [0.25, 0.3) is 0 Å². The first kappa shape index (κ1) is 12.9. The van der Waals surface area contributed by atoms with Gasteiger partial charge in [0.05, 0.1) is 6.42 Å². The topological polar surface area (TPSA) is 49.3 Å². The highest BCUT2D eigenvalue weighted by Gasteiger charge is 2.22. The van der Waals surface area contributed by atoms with E-state index < -0.39 is 0 Å². The van der Waals surface area contributed by atoms with E-state index >= 15 is 0 Å². The maximum Gasteiger partial charge on any atom is 0.224 e. The van der Waals surface area contributed by atoms with E-state index in [2.05, 4.69) is 12.2 Å². The van der Waals surface area contributed by atoms with Gasteiger partial charge in [-0.15, -0.1) is 0 Å². The Labute approximate surface area is 108 Å². The molecule has 1 unspecified atom stereocenters. The van der Waals surface area contributed by atoms with Crippen LogP contribution in [0.4, 0.5) is 0 Å². The molecule has 0 saturated heterocycles. The second kappa shape index (κ2) is 5.89. The molecule has 2 N–H and O–H groups in total. The van der Waals surface area contributed by atoms with Crippen LogP contribution in [0.3, 0.4) is 0 Å². The summed E-state index contributed by atoms with van der Waals surface area (Å²) in [4.78, 5) is 11.9. The first-order valence-corrected chi connectivity index (χ1v) is 6.73. The number of hydrogen-bond donors (Lipinski definition) is 2. The smallest absolute Gasteiger partial charge is 0.224 e. The number of amides is 1. The minimum atomic E-state index is -0.00380. The van der Waals surface area contributed by atoms with Crippen molar-refractivity contribution < 1.29 is 9.90 Å². The van der Waals surface area contributed by atoms with Crippen LogP contribution in [0.5, 0.6) is 5.75 Å². The predicted octanol–water partition coefficient (Wildman–Crippen LogP) is 2.63. The fourth-order valence-corrected chi connectivity index (χ4v) is 2.71. The molecule has 1 amide bonds. The Morgan fingerprint density at radius 2 is 2.06 bits per heavy atom. The first-order valence-electron chi connectivity index (χ1n) is 6.73. The summed E-state index contributed by atoms with van der Waals surface area (Å²) in [5.74, 6) is 0.815. The third-order valence-electron chi connectivity index (χ3n) is 3.84. The standard InChI is InChI=1S/C15H21NO2/c1-11(12-6-2-3-7-12)16-15(18)10-13-8-4-5-9-14(13)17/h4-5,8-9,11-12,17H,2-3,6-7,10H2,1H3,(H,16,18). The van der Waals surface area contributed by atoms with Crippen molar-refractivity contribution in [1.82, 2.24) is 5.32 Å². The Balaban J connectivity index is 1.86. The second-order valence-corrected chi connectivity index (χ2v) is 5.21. The van der Waals surface area contributed by atoms with Crippen LogP contribution in [0, 0.1) is 5.92 Å². The maximum atomic E-state index is 11.9. The zero-order valence-corrected chi connectivity index (χ0v) is 10.9. The summed E-state index contributed by atoms with van der Waals surface area (Å²) >= 11 is 0. The fraction of sp³-hybridized carbons (Fsp3) is 0.533. The van der Waals surface area contributed by atoms with E-state index in [1.807, 2.05) is 6.07 Å². The van der Waals surface area contributed by atoms with E-state index in [1.165, 1.54) is 25.7 Å². The Bertz CT molecular complexity index is 411. The van der Waals surface area contributed by atoms with E-state index in [9.17, 15) is 9.90 Å². The van der Waals surface area contributed by atoms with Crippen molar-refractivity contribution in [2.24, 2.45) is 5.92 Å². The third kappa shape index (κ3) is 3.25. The molecule has 1 atom stereocenters. The molecule has 0 aliphatic heterocycles. The number of nitrogens with one attached hydrogen (secondary N) is 1. The molecule has 1 aliphatic carbocycles. The van der Waals surface area contributed by atoms with Gasteiger partial charge in [0.1, 0.15) is 5.75 Å². The molecule has 1 fully saturated rings. The third-order valence-corrected chi connectivity index (χ3v) is 3.84. The normalized spacial score (nSPS) is 17.6. The predicted molar refractivity (Wildman–Crippen MR) is 71.4 cm³/mol. The number of carbonyl (C=O) groups excluding carboxylic acids is 1. The summed E-state index contributed by atoms with van der Waals surface area (Å²) in [6, 6.07) is 7.24. The van der Waals surface area contributed by atoms with Gasteiger partial charge in [0.15, 0.2) is 0 Å². The minimum absolute atomic E-state index is 0.00380. The second-order valence-electron chi connectivity index (χ2n) is 5.21. The lowest BCUT2D eigenvalue weighted by Crippen LogP contribution is -2.38. The molecule has 2 rings (SSSR count). The molecule has 3 heteroatoms. The van der Waals surface area contributed by atoms with Gasteiger partial charge in [-0.2, -0.15) is 0 Å². The average molecular weight is 247 g/mol. The van der Waals surface area contributed by atoms with Crippen molar-refractivity contribution in [3.63, 3.8) is 0 Å². The van der Waals surface area contributed by atoms with Gasteiger partial charge in [0.2, 0.25) is 5.91 Å². The number of phenols is 1. The molecule has 0 heterocycles. The molecular weight excluding hydrogens is 226 g/mol. The molecule has 0 spiro atoms. The molecule has 1 saturated carbocycles. The molecule has 0 bridgehead atoms. The number of benzene rings is 1. The monoisotopic (exact) mass is 247 g/mol. The molecule has 1 aromatic rings. The van der Waals surface area contributed by atoms with Crippen molar-refractivity contribution in [2.75, 3.05) is 0 Å². The Hall–Kier alpha value is -1.51. The first-order chi connectivity index (χ1) is 8.66. The summed E-state index contributed by atoms with van der Waals surface area (Å²) < 4.78 is 0. The van der Waals surface area contributed by atoms with Gasteiger partial charge in [-0.1, -0.05) is 31.0 Å². The largest absolute Gasteiger partial charge is 0.508 e. The maximum absolute atomic E-state index is 11.9. The number of rotatable bonds is 4. The number of phenolic OH excluding ortho intramolecular Hbond substituents is 1. The lowest BCUT2D eigenvalue weighted by molar-refractivity contribution is -0.121. The number of hydrogen-bond acceptors (Lipinski definition) is 2. The highest BCUT2D eigenvalue weighted by molar-refractivity contribution is 5.79. The summed E-state index contributed by atoms with van der Waals surface area (Å²) in [5.41, 5.74) is 0.689. The molecular formula is C15H21NO2. The van der Waals surface area contributed by atoms with Crippen molar-refractivity contribution >= 4 is 5.91 Å². The molecule has 18 heavy (non-hydrogen) atoms. The Morgan fingerprint density at radius 1 is 1.39 bits per heavy atom. The highest BCUT2D eigenvalue weighted by atomic mass is 16.3. The summed E-state index contributed by atoms with van der Waals surface area (Å²) in [5, 5.41) is 12.7. The zero-order chi connectivity index (χ0) is 13.0. The van der Waals surface area contributed by atoms with Crippen LogP contribution in [0.15, 0.2) is 24.3 Å². The van der Waals surface area contributed by atoms with E-state index in [0.717, 1.165) is 0 Å². The van der Waals surface area contributed by atoms with Crippen LogP contribution >= 0.6 is 0 Å². The van der Waals surface area contributed by atoms with Crippen molar-refractivity contribution in [3.8, 4) is 5.75 Å². The van der Waals surface area contributed by atoms with Crippen LogP contribution < -0.4 is 5.32 Å². The number of para-hydroxylation sites is 1. The van der Waals surface area contributed by atoms with Crippen LogP contribution in [-0.4, -0.2) is 17.1 Å². The van der Waals surface area contributed by atoms with E-state index in [4.69, 9.17) is 0 Å². The zero-order valence-electron chi connectivity index (χ0n) is 10.9. The van der Waals surface area contributed by atoms with Crippen LogP contribution in [0.1, 0.15) is 38.2 Å². The van der Waals surface area contributed by atoms with Gasteiger partial charge < -0.3 is 10.4 Å². The minimum Gasteiger partial charge on any atom is -0.508 e. The van der Waals surface area contributed by atoms with Crippen LogP contribution in [0.2, 0.25) is 0 Å². The molecule has 1 aliphatic rings. The van der Waals surface area contributed by atoms with Gasteiger partial charge in [-0.05, 0) is 31.7 Å². The molecule has 0 radical (unpaired) electrons. The molecule has 98 valence electrons. The van der Waals surface area contributed by atoms with Crippen molar-refractivity contribution in [1.29, 1.82) is 0 Å².